The molecule has 0 radical (unpaired) electrons. The number of carboxylic acid groups (broad SMARTS) is 1. The average Bonchev–Trinajstić information content (AvgIpc) is 2.34. The molecule has 2 amide bonds. The van der Waals surface area contributed by atoms with E-state index in [-0.39, 0.29) is 5.69 Å². The first-order valence-electron chi connectivity index (χ1n) is 5.78. The highest BCUT2D eigenvalue weighted by atomic mass is 32.2. The molecule has 1 rings (SSSR count). The van der Waals surface area contributed by atoms with Crippen molar-refractivity contribution in [2.24, 2.45) is 0 Å². The number of carbonyl (C=O) groups excluding carboxylic acids is 1. The molecule has 1 atom stereocenters. The standard InChI is InChI=1S/C12H15FN2O4S/c1-20(19)6-2-5-14-12(18)15-8-3-4-9(11(16)17)10(13)7-8/h3-4,7H,2,5-6H2,1H3,(H,16,17)(H2,14,15,18). The summed E-state index contributed by atoms with van der Waals surface area (Å²) in [5.41, 5.74) is -0.301. The second-order valence-electron chi connectivity index (χ2n) is 4.01. The number of halogens is 1. The Kier molecular flexibility index (Phi) is 6.10. The van der Waals surface area contributed by atoms with E-state index in [0.29, 0.717) is 18.7 Å². The summed E-state index contributed by atoms with van der Waals surface area (Å²) in [5.74, 6) is -1.80. The van der Waals surface area contributed by atoms with E-state index in [1.807, 2.05) is 0 Å². The van der Waals surface area contributed by atoms with E-state index in [1.54, 1.807) is 6.26 Å². The number of carboxylic acids is 1. The lowest BCUT2D eigenvalue weighted by atomic mass is 10.2. The van der Waals surface area contributed by atoms with Gasteiger partial charge in [-0.3, -0.25) is 4.21 Å². The zero-order chi connectivity index (χ0) is 15.1. The normalized spacial score (nSPS) is 11.7. The number of urea groups is 1. The monoisotopic (exact) mass is 302 g/mol. The first-order chi connectivity index (χ1) is 9.40. The van der Waals surface area contributed by atoms with Crippen LogP contribution in [-0.2, 0) is 10.8 Å². The van der Waals surface area contributed by atoms with Crippen molar-refractivity contribution in [2.75, 3.05) is 23.9 Å². The van der Waals surface area contributed by atoms with Crippen LogP contribution in [0.5, 0.6) is 0 Å². The van der Waals surface area contributed by atoms with Crippen molar-refractivity contribution in [2.45, 2.75) is 6.42 Å². The highest BCUT2D eigenvalue weighted by Gasteiger charge is 2.11. The van der Waals surface area contributed by atoms with Crippen molar-refractivity contribution in [1.82, 2.24) is 5.32 Å². The Hall–Kier alpha value is -1.96. The number of amides is 2. The fourth-order valence-corrected chi connectivity index (χ4v) is 1.97. The fraction of sp³-hybridized carbons (Fsp3) is 0.333. The SMILES string of the molecule is CS(=O)CCCNC(=O)Nc1ccc(C(=O)O)c(F)c1. The molecule has 3 N–H and O–H groups in total. The zero-order valence-electron chi connectivity index (χ0n) is 10.8. The Balaban J connectivity index is 2.48. The highest BCUT2D eigenvalue weighted by molar-refractivity contribution is 7.84. The Labute approximate surface area is 117 Å². The fourth-order valence-electron chi connectivity index (χ4n) is 1.42. The molecule has 0 spiro atoms. The molecule has 0 aliphatic carbocycles. The van der Waals surface area contributed by atoms with Crippen LogP contribution in [0.25, 0.3) is 0 Å². The Bertz CT molecular complexity index is 536. The Morgan fingerprint density at radius 2 is 2.10 bits per heavy atom. The van der Waals surface area contributed by atoms with Crippen molar-refractivity contribution in [3.63, 3.8) is 0 Å². The number of rotatable bonds is 6. The predicted molar refractivity (Wildman–Crippen MR) is 73.9 cm³/mol. The third-order valence-electron chi connectivity index (χ3n) is 2.35. The van der Waals surface area contributed by atoms with Gasteiger partial charge in [-0.15, -0.1) is 0 Å². The van der Waals surface area contributed by atoms with Gasteiger partial charge in [-0.1, -0.05) is 0 Å². The van der Waals surface area contributed by atoms with E-state index in [0.717, 1.165) is 12.1 Å². The molecule has 0 heterocycles. The van der Waals surface area contributed by atoms with Crippen LogP contribution in [0.2, 0.25) is 0 Å². The summed E-state index contributed by atoms with van der Waals surface area (Å²) in [7, 11) is -0.905. The molecule has 1 aromatic carbocycles. The van der Waals surface area contributed by atoms with Crippen LogP contribution < -0.4 is 10.6 Å². The number of carbonyl (C=O) groups is 2. The average molecular weight is 302 g/mol. The molecule has 0 saturated heterocycles. The molecule has 0 saturated carbocycles. The van der Waals surface area contributed by atoms with Gasteiger partial charge < -0.3 is 15.7 Å². The summed E-state index contributed by atoms with van der Waals surface area (Å²) in [6, 6.07) is 2.78. The van der Waals surface area contributed by atoms with Gasteiger partial charge in [0, 0.05) is 35.0 Å². The molecule has 6 nitrogen and oxygen atoms in total. The van der Waals surface area contributed by atoms with E-state index in [9.17, 15) is 18.2 Å². The third kappa shape index (κ3) is 5.35. The summed E-state index contributed by atoms with van der Waals surface area (Å²) in [5, 5.41) is 13.6. The van der Waals surface area contributed by atoms with Crippen molar-refractivity contribution < 1.29 is 23.3 Å². The van der Waals surface area contributed by atoms with E-state index in [4.69, 9.17) is 5.11 Å². The molecule has 1 unspecified atom stereocenters. The summed E-state index contributed by atoms with van der Waals surface area (Å²) >= 11 is 0. The van der Waals surface area contributed by atoms with Crippen LogP contribution in [0.15, 0.2) is 18.2 Å². The van der Waals surface area contributed by atoms with Crippen LogP contribution in [0.4, 0.5) is 14.9 Å². The summed E-state index contributed by atoms with van der Waals surface area (Å²) in [6.45, 7) is 0.348. The van der Waals surface area contributed by atoms with E-state index in [1.165, 1.54) is 6.07 Å². The smallest absolute Gasteiger partial charge is 0.338 e. The topological polar surface area (TPSA) is 95.5 Å². The van der Waals surface area contributed by atoms with Crippen LogP contribution >= 0.6 is 0 Å². The molecule has 0 aromatic heterocycles. The highest BCUT2D eigenvalue weighted by Crippen LogP contribution is 2.14. The largest absolute Gasteiger partial charge is 0.478 e. The maximum atomic E-state index is 13.4. The summed E-state index contributed by atoms with van der Waals surface area (Å²) < 4.78 is 24.2. The third-order valence-corrected chi connectivity index (χ3v) is 3.22. The van der Waals surface area contributed by atoms with Gasteiger partial charge in [-0.05, 0) is 24.6 Å². The molecule has 0 aliphatic rings. The van der Waals surface area contributed by atoms with E-state index >= 15 is 0 Å². The molecular weight excluding hydrogens is 287 g/mol. The van der Waals surface area contributed by atoms with Gasteiger partial charge in [0.25, 0.3) is 0 Å². The predicted octanol–water partition coefficient (Wildman–Crippen LogP) is 1.41. The number of nitrogens with one attached hydrogen (secondary N) is 2. The van der Waals surface area contributed by atoms with Gasteiger partial charge in [-0.2, -0.15) is 0 Å². The van der Waals surface area contributed by atoms with Crippen LogP contribution in [-0.4, -0.2) is 39.9 Å². The van der Waals surface area contributed by atoms with Gasteiger partial charge in [-0.25, -0.2) is 14.0 Å². The lowest BCUT2D eigenvalue weighted by Gasteiger charge is -2.08. The summed E-state index contributed by atoms with van der Waals surface area (Å²) in [6.07, 6.45) is 2.15. The summed E-state index contributed by atoms with van der Waals surface area (Å²) in [4.78, 5) is 22.1. The second-order valence-corrected chi connectivity index (χ2v) is 5.57. The van der Waals surface area contributed by atoms with Crippen molar-refractivity contribution in [3.8, 4) is 0 Å². The van der Waals surface area contributed by atoms with E-state index < -0.39 is 34.2 Å². The maximum absolute atomic E-state index is 13.4. The van der Waals surface area contributed by atoms with Crippen LogP contribution in [0, 0.1) is 5.82 Å². The zero-order valence-corrected chi connectivity index (χ0v) is 11.6. The molecular formula is C12H15FN2O4S. The minimum atomic E-state index is -1.37. The molecule has 0 bridgehead atoms. The molecule has 8 heteroatoms. The number of hydrogen-bond donors (Lipinski definition) is 3. The van der Waals surface area contributed by atoms with Gasteiger partial charge in [0.2, 0.25) is 0 Å². The molecule has 110 valence electrons. The molecule has 1 aromatic rings. The van der Waals surface area contributed by atoms with Crippen LogP contribution in [0.1, 0.15) is 16.8 Å². The first-order valence-corrected chi connectivity index (χ1v) is 7.50. The Morgan fingerprint density at radius 3 is 2.65 bits per heavy atom. The minimum absolute atomic E-state index is 0.157. The number of hydrogen-bond acceptors (Lipinski definition) is 3. The minimum Gasteiger partial charge on any atom is -0.478 e. The van der Waals surface area contributed by atoms with Gasteiger partial charge in [0.15, 0.2) is 0 Å². The lowest BCUT2D eigenvalue weighted by Crippen LogP contribution is -2.30. The van der Waals surface area contributed by atoms with Crippen molar-refractivity contribution in [1.29, 1.82) is 0 Å². The van der Waals surface area contributed by atoms with E-state index in [2.05, 4.69) is 10.6 Å². The first kappa shape index (κ1) is 16.1. The van der Waals surface area contributed by atoms with Crippen molar-refractivity contribution in [3.05, 3.63) is 29.6 Å². The molecule has 0 aliphatic heterocycles. The number of benzene rings is 1. The van der Waals surface area contributed by atoms with Gasteiger partial charge in [0.1, 0.15) is 5.82 Å². The lowest BCUT2D eigenvalue weighted by molar-refractivity contribution is 0.0692. The second kappa shape index (κ2) is 7.59. The quantitative estimate of drug-likeness (QED) is 0.692. The number of anilines is 1. The Morgan fingerprint density at radius 1 is 1.40 bits per heavy atom. The van der Waals surface area contributed by atoms with Crippen molar-refractivity contribution >= 4 is 28.5 Å². The number of aromatic carboxylic acids is 1. The maximum Gasteiger partial charge on any atom is 0.338 e. The molecule has 0 fully saturated rings. The van der Waals surface area contributed by atoms with Gasteiger partial charge in [0.05, 0.1) is 5.56 Å². The van der Waals surface area contributed by atoms with Crippen LogP contribution in [0.3, 0.4) is 0 Å². The molecule has 20 heavy (non-hydrogen) atoms. The van der Waals surface area contributed by atoms with Gasteiger partial charge >= 0.3 is 12.0 Å².